The second-order valence-corrected chi connectivity index (χ2v) is 13.1. The van der Waals surface area contributed by atoms with Crippen molar-refractivity contribution in [2.45, 2.75) is 84.3 Å². The molecule has 2 aromatic rings. The fraction of sp³-hybridized carbons (Fsp3) is 0.517. The van der Waals surface area contributed by atoms with Crippen molar-refractivity contribution in [3.63, 3.8) is 0 Å². The second-order valence-electron chi connectivity index (χ2n) is 11.2. The van der Waals surface area contributed by atoms with E-state index in [0.29, 0.717) is 5.69 Å². The Balaban J connectivity index is 1.87. The first-order valence-corrected chi connectivity index (χ1v) is 14.8. The normalized spacial score (nSPS) is 15.3. The van der Waals surface area contributed by atoms with Crippen LogP contribution in [0.3, 0.4) is 0 Å². The number of sulfonamides is 1. The number of hydrogen-bond acceptors (Lipinski definition) is 4. The second kappa shape index (κ2) is 11.7. The third-order valence-electron chi connectivity index (χ3n) is 7.04. The minimum Gasteiger partial charge on any atom is -0.352 e. The molecule has 1 fully saturated rings. The molecule has 0 radical (unpaired) electrons. The molecule has 0 unspecified atom stereocenters. The summed E-state index contributed by atoms with van der Waals surface area (Å²) in [5.74, 6) is -0.646. The van der Waals surface area contributed by atoms with Crippen LogP contribution < -0.4 is 9.62 Å². The van der Waals surface area contributed by atoms with Gasteiger partial charge in [0.2, 0.25) is 21.8 Å². The van der Waals surface area contributed by atoms with E-state index in [2.05, 4.69) is 26.1 Å². The molecule has 1 N–H and O–H groups in total. The summed E-state index contributed by atoms with van der Waals surface area (Å²) in [4.78, 5) is 28.3. The van der Waals surface area contributed by atoms with Gasteiger partial charge >= 0.3 is 0 Å². The van der Waals surface area contributed by atoms with Gasteiger partial charge < -0.3 is 10.2 Å². The SMILES string of the molecule is Cc1ccc(CN(C(=O)CN(c2ccc(C(C)(C)C)cc2)S(C)(=O)=O)[C@@H](C)C(=O)NC2CCCC2)cc1. The van der Waals surface area contributed by atoms with Gasteiger partial charge in [-0.2, -0.15) is 0 Å². The van der Waals surface area contributed by atoms with E-state index in [4.69, 9.17) is 0 Å². The number of amides is 2. The van der Waals surface area contributed by atoms with E-state index in [1.807, 2.05) is 43.3 Å². The van der Waals surface area contributed by atoms with Crippen LogP contribution in [0.1, 0.15) is 70.1 Å². The molecule has 202 valence electrons. The predicted molar refractivity (Wildman–Crippen MR) is 149 cm³/mol. The first-order valence-electron chi connectivity index (χ1n) is 13.0. The van der Waals surface area contributed by atoms with Crippen LogP contribution in [0, 0.1) is 6.92 Å². The van der Waals surface area contributed by atoms with Crippen LogP contribution >= 0.6 is 0 Å². The third-order valence-corrected chi connectivity index (χ3v) is 8.18. The summed E-state index contributed by atoms with van der Waals surface area (Å²) in [6.07, 6.45) is 5.15. The number of anilines is 1. The third kappa shape index (κ3) is 7.81. The van der Waals surface area contributed by atoms with Gasteiger partial charge in [0.05, 0.1) is 11.9 Å². The lowest BCUT2D eigenvalue weighted by Gasteiger charge is -2.32. The summed E-state index contributed by atoms with van der Waals surface area (Å²) in [6, 6.07) is 14.4. The molecule has 0 heterocycles. The zero-order chi connectivity index (χ0) is 27.4. The van der Waals surface area contributed by atoms with Gasteiger partial charge in [-0.05, 0) is 55.4 Å². The largest absolute Gasteiger partial charge is 0.352 e. The number of nitrogens with one attached hydrogen (secondary N) is 1. The molecule has 0 bridgehead atoms. The molecule has 0 aliphatic heterocycles. The zero-order valence-electron chi connectivity index (χ0n) is 23.0. The Labute approximate surface area is 222 Å². The molecule has 7 nitrogen and oxygen atoms in total. The lowest BCUT2D eigenvalue weighted by Crippen LogP contribution is -2.52. The summed E-state index contributed by atoms with van der Waals surface area (Å²) in [5, 5.41) is 3.08. The molecule has 3 rings (SSSR count). The molecule has 0 spiro atoms. The number of nitrogens with zero attached hydrogens (tertiary/aromatic N) is 2. The smallest absolute Gasteiger partial charge is 0.244 e. The molecule has 0 saturated heterocycles. The summed E-state index contributed by atoms with van der Waals surface area (Å²) < 4.78 is 26.7. The van der Waals surface area contributed by atoms with Gasteiger partial charge in [-0.3, -0.25) is 13.9 Å². The van der Waals surface area contributed by atoms with Crippen molar-refractivity contribution in [1.29, 1.82) is 0 Å². The molecule has 37 heavy (non-hydrogen) atoms. The van der Waals surface area contributed by atoms with Crippen molar-refractivity contribution in [2.75, 3.05) is 17.1 Å². The van der Waals surface area contributed by atoms with E-state index in [1.165, 1.54) is 4.90 Å². The van der Waals surface area contributed by atoms with Gasteiger partial charge in [0.1, 0.15) is 12.6 Å². The fourth-order valence-electron chi connectivity index (χ4n) is 4.61. The Morgan fingerprint density at radius 2 is 1.57 bits per heavy atom. The standard InChI is InChI=1S/C29H41N3O4S/c1-21-11-13-23(14-12-21)19-31(22(2)28(34)30-25-9-7-8-10-25)27(33)20-32(37(6,35)36)26-17-15-24(16-18-26)29(3,4)5/h11-18,22,25H,7-10,19-20H2,1-6H3,(H,30,34)/t22-/m0/s1. The van der Waals surface area contributed by atoms with Crippen LogP contribution in [-0.2, 0) is 31.6 Å². The Morgan fingerprint density at radius 3 is 2.08 bits per heavy atom. The number of rotatable bonds is 9. The highest BCUT2D eigenvalue weighted by Gasteiger charge is 2.31. The van der Waals surface area contributed by atoms with Crippen LogP contribution in [0.2, 0.25) is 0 Å². The lowest BCUT2D eigenvalue weighted by molar-refractivity contribution is -0.139. The Morgan fingerprint density at radius 1 is 1.00 bits per heavy atom. The topological polar surface area (TPSA) is 86.8 Å². The maximum absolute atomic E-state index is 13.7. The van der Waals surface area contributed by atoms with Gasteiger partial charge in [-0.1, -0.05) is 75.6 Å². The molecule has 2 aromatic carbocycles. The summed E-state index contributed by atoms with van der Waals surface area (Å²) in [5.41, 5.74) is 3.36. The Hall–Kier alpha value is -2.87. The zero-order valence-corrected chi connectivity index (χ0v) is 23.8. The Bertz CT molecular complexity index is 1180. The van der Waals surface area contributed by atoms with Crippen molar-refractivity contribution in [1.82, 2.24) is 10.2 Å². The van der Waals surface area contributed by atoms with Crippen molar-refractivity contribution >= 4 is 27.5 Å². The van der Waals surface area contributed by atoms with Crippen molar-refractivity contribution < 1.29 is 18.0 Å². The number of aryl methyl sites for hydroxylation is 1. The molecule has 1 aliphatic carbocycles. The van der Waals surface area contributed by atoms with Gasteiger partial charge in [0.15, 0.2) is 0 Å². The van der Waals surface area contributed by atoms with E-state index in [-0.39, 0.29) is 30.5 Å². The number of benzene rings is 2. The number of hydrogen-bond donors (Lipinski definition) is 1. The summed E-state index contributed by atoms with van der Waals surface area (Å²) in [7, 11) is -3.75. The highest BCUT2D eigenvalue weighted by Crippen LogP contribution is 2.26. The average Bonchev–Trinajstić information content (AvgIpc) is 3.33. The van der Waals surface area contributed by atoms with Crippen LogP contribution in [0.25, 0.3) is 0 Å². The van der Waals surface area contributed by atoms with E-state index in [0.717, 1.165) is 52.9 Å². The average molecular weight is 528 g/mol. The van der Waals surface area contributed by atoms with Crippen molar-refractivity contribution in [3.8, 4) is 0 Å². The Kier molecular flexibility index (Phi) is 9.05. The van der Waals surface area contributed by atoms with Crippen molar-refractivity contribution in [3.05, 3.63) is 65.2 Å². The summed E-state index contributed by atoms with van der Waals surface area (Å²) in [6.45, 7) is 9.76. The molecule has 0 aromatic heterocycles. The van der Waals surface area contributed by atoms with E-state index in [9.17, 15) is 18.0 Å². The molecule has 2 amide bonds. The first kappa shape index (κ1) is 28.7. The summed E-state index contributed by atoms with van der Waals surface area (Å²) >= 11 is 0. The van der Waals surface area contributed by atoms with Crippen LogP contribution in [-0.4, -0.2) is 50.0 Å². The molecule has 1 saturated carbocycles. The number of carbonyl (C=O) groups is 2. The number of carbonyl (C=O) groups excluding carboxylic acids is 2. The minimum absolute atomic E-state index is 0.0861. The maximum atomic E-state index is 13.7. The maximum Gasteiger partial charge on any atom is 0.244 e. The van der Waals surface area contributed by atoms with Crippen LogP contribution in [0.4, 0.5) is 5.69 Å². The molecular weight excluding hydrogens is 486 g/mol. The quantitative estimate of drug-likeness (QED) is 0.519. The van der Waals surface area contributed by atoms with Gasteiger partial charge in [-0.15, -0.1) is 0 Å². The molecule has 1 aliphatic rings. The molecule has 1 atom stereocenters. The highest BCUT2D eigenvalue weighted by molar-refractivity contribution is 7.92. The van der Waals surface area contributed by atoms with E-state index >= 15 is 0 Å². The predicted octanol–water partition coefficient (Wildman–Crippen LogP) is 4.53. The first-order chi connectivity index (χ1) is 17.3. The monoisotopic (exact) mass is 527 g/mol. The van der Waals surface area contributed by atoms with Gasteiger partial charge in [0, 0.05) is 12.6 Å². The van der Waals surface area contributed by atoms with Gasteiger partial charge in [0.25, 0.3) is 0 Å². The van der Waals surface area contributed by atoms with E-state index < -0.39 is 22.0 Å². The fourth-order valence-corrected chi connectivity index (χ4v) is 5.46. The van der Waals surface area contributed by atoms with Crippen molar-refractivity contribution in [2.24, 2.45) is 0 Å². The molecule has 8 heteroatoms. The minimum atomic E-state index is -3.75. The highest BCUT2D eigenvalue weighted by atomic mass is 32.2. The van der Waals surface area contributed by atoms with Crippen LogP contribution in [0.5, 0.6) is 0 Å². The van der Waals surface area contributed by atoms with Crippen LogP contribution in [0.15, 0.2) is 48.5 Å². The lowest BCUT2D eigenvalue weighted by atomic mass is 9.87. The van der Waals surface area contributed by atoms with Gasteiger partial charge in [-0.25, -0.2) is 8.42 Å². The molecular formula is C29H41N3O4S. The van der Waals surface area contributed by atoms with E-state index in [1.54, 1.807) is 19.1 Å².